The van der Waals surface area contributed by atoms with Crippen molar-refractivity contribution in [2.24, 2.45) is 5.92 Å². The molecule has 2 rings (SSSR count). The maximum atomic E-state index is 11.7. The third kappa shape index (κ3) is 5.76. The fraction of sp³-hybridized carbons (Fsp3) is 0.588. The molecule has 1 unspecified atom stereocenters. The van der Waals surface area contributed by atoms with Crippen molar-refractivity contribution >= 4 is 11.7 Å². The number of amides is 2. The van der Waals surface area contributed by atoms with Crippen molar-refractivity contribution in [1.82, 2.24) is 10.6 Å². The van der Waals surface area contributed by atoms with Gasteiger partial charge < -0.3 is 16.0 Å². The van der Waals surface area contributed by atoms with Gasteiger partial charge in [-0.3, -0.25) is 0 Å². The average molecular weight is 289 g/mol. The molecule has 1 saturated carbocycles. The van der Waals surface area contributed by atoms with Gasteiger partial charge in [0.15, 0.2) is 0 Å². The summed E-state index contributed by atoms with van der Waals surface area (Å²) in [6.45, 7) is 6.11. The fourth-order valence-electron chi connectivity index (χ4n) is 2.31. The molecule has 2 amide bonds. The van der Waals surface area contributed by atoms with Crippen LogP contribution in [0.4, 0.5) is 10.5 Å². The first kappa shape index (κ1) is 15.8. The number of hydrogen-bond donors (Lipinski definition) is 3. The van der Waals surface area contributed by atoms with Crippen LogP contribution in [0.3, 0.4) is 0 Å². The number of carbonyl (C=O) groups is 1. The Bertz CT molecular complexity index is 440. The standard InChI is InChI=1S/C17H27N3O/c1-3-11-18-13(2)15-6-8-16(9-7-15)20-17(21)19-12-10-14-4-5-14/h6-9,13-14,18H,3-5,10-12H2,1-2H3,(H2,19,20,21). The van der Waals surface area contributed by atoms with Crippen LogP contribution in [-0.2, 0) is 0 Å². The number of urea groups is 1. The van der Waals surface area contributed by atoms with Crippen LogP contribution in [0.25, 0.3) is 0 Å². The van der Waals surface area contributed by atoms with E-state index in [0.29, 0.717) is 6.04 Å². The van der Waals surface area contributed by atoms with Gasteiger partial charge in [-0.1, -0.05) is 31.9 Å². The smallest absolute Gasteiger partial charge is 0.319 e. The second kappa shape index (κ2) is 8.03. The Morgan fingerprint density at radius 3 is 2.57 bits per heavy atom. The fourth-order valence-corrected chi connectivity index (χ4v) is 2.31. The Labute approximate surface area is 127 Å². The van der Waals surface area contributed by atoms with Crippen LogP contribution in [0.5, 0.6) is 0 Å². The topological polar surface area (TPSA) is 53.2 Å². The van der Waals surface area contributed by atoms with E-state index in [0.717, 1.165) is 37.5 Å². The maximum Gasteiger partial charge on any atom is 0.319 e. The molecule has 1 fully saturated rings. The van der Waals surface area contributed by atoms with Crippen LogP contribution < -0.4 is 16.0 Å². The number of rotatable bonds is 8. The van der Waals surface area contributed by atoms with Gasteiger partial charge in [0.2, 0.25) is 0 Å². The predicted molar refractivity (Wildman–Crippen MR) is 87.5 cm³/mol. The number of hydrogen-bond acceptors (Lipinski definition) is 2. The second-order valence-electron chi connectivity index (χ2n) is 5.91. The van der Waals surface area contributed by atoms with Crippen molar-refractivity contribution < 1.29 is 4.79 Å². The highest BCUT2D eigenvalue weighted by atomic mass is 16.2. The molecule has 1 aromatic carbocycles. The van der Waals surface area contributed by atoms with Gasteiger partial charge in [0, 0.05) is 18.3 Å². The first-order valence-electron chi connectivity index (χ1n) is 8.07. The molecule has 1 aromatic rings. The molecule has 3 N–H and O–H groups in total. The van der Waals surface area contributed by atoms with Crippen molar-refractivity contribution in [3.8, 4) is 0 Å². The highest BCUT2D eigenvalue weighted by Crippen LogP contribution is 2.31. The summed E-state index contributed by atoms with van der Waals surface area (Å²) in [6.07, 6.45) is 4.89. The third-order valence-electron chi connectivity index (χ3n) is 3.90. The Morgan fingerprint density at radius 2 is 1.95 bits per heavy atom. The van der Waals surface area contributed by atoms with E-state index in [1.807, 2.05) is 12.1 Å². The van der Waals surface area contributed by atoms with Gasteiger partial charge in [-0.25, -0.2) is 4.79 Å². The molecule has 0 bridgehead atoms. The van der Waals surface area contributed by atoms with Gasteiger partial charge in [-0.2, -0.15) is 0 Å². The van der Waals surface area contributed by atoms with Crippen LogP contribution in [0.2, 0.25) is 0 Å². The molecule has 0 saturated heterocycles. The summed E-state index contributed by atoms with van der Waals surface area (Å²) in [5.74, 6) is 0.849. The van der Waals surface area contributed by atoms with Crippen molar-refractivity contribution in [3.05, 3.63) is 29.8 Å². The molecule has 1 aliphatic carbocycles. The molecule has 0 spiro atoms. The van der Waals surface area contributed by atoms with Crippen molar-refractivity contribution in [1.29, 1.82) is 0 Å². The van der Waals surface area contributed by atoms with E-state index in [-0.39, 0.29) is 6.03 Å². The van der Waals surface area contributed by atoms with Crippen LogP contribution in [-0.4, -0.2) is 19.1 Å². The normalized spacial score (nSPS) is 15.5. The molecule has 0 aliphatic heterocycles. The van der Waals surface area contributed by atoms with E-state index >= 15 is 0 Å². The van der Waals surface area contributed by atoms with Crippen molar-refractivity contribution in [2.45, 2.75) is 45.6 Å². The van der Waals surface area contributed by atoms with Crippen LogP contribution in [0, 0.1) is 5.92 Å². The van der Waals surface area contributed by atoms with Gasteiger partial charge >= 0.3 is 6.03 Å². The number of anilines is 1. The third-order valence-corrected chi connectivity index (χ3v) is 3.90. The van der Waals surface area contributed by atoms with Crippen molar-refractivity contribution in [3.63, 3.8) is 0 Å². The van der Waals surface area contributed by atoms with Gasteiger partial charge in [0.25, 0.3) is 0 Å². The van der Waals surface area contributed by atoms with E-state index in [1.54, 1.807) is 0 Å². The van der Waals surface area contributed by atoms with Crippen LogP contribution in [0.15, 0.2) is 24.3 Å². The molecule has 1 aliphatic rings. The van der Waals surface area contributed by atoms with Gasteiger partial charge in [0.05, 0.1) is 0 Å². The van der Waals surface area contributed by atoms with E-state index < -0.39 is 0 Å². The highest BCUT2D eigenvalue weighted by Gasteiger charge is 2.20. The zero-order chi connectivity index (χ0) is 15.1. The molecular formula is C17H27N3O. The molecule has 4 nitrogen and oxygen atoms in total. The van der Waals surface area contributed by atoms with Gasteiger partial charge in [-0.05, 0) is 49.9 Å². The Hall–Kier alpha value is -1.55. The summed E-state index contributed by atoms with van der Waals surface area (Å²) in [5, 5.41) is 9.23. The average Bonchev–Trinajstić information content (AvgIpc) is 3.29. The Kier molecular flexibility index (Phi) is 6.05. The zero-order valence-electron chi connectivity index (χ0n) is 13.1. The van der Waals surface area contributed by atoms with E-state index in [9.17, 15) is 4.79 Å². The quantitative estimate of drug-likeness (QED) is 0.684. The van der Waals surface area contributed by atoms with E-state index in [2.05, 4.69) is 41.9 Å². The van der Waals surface area contributed by atoms with E-state index in [1.165, 1.54) is 18.4 Å². The number of carbonyl (C=O) groups excluding carboxylic acids is 1. The SMILES string of the molecule is CCCNC(C)c1ccc(NC(=O)NCCC2CC2)cc1. The zero-order valence-corrected chi connectivity index (χ0v) is 13.1. The maximum absolute atomic E-state index is 11.7. The minimum absolute atomic E-state index is 0.111. The van der Waals surface area contributed by atoms with Gasteiger partial charge in [-0.15, -0.1) is 0 Å². The van der Waals surface area contributed by atoms with Crippen LogP contribution >= 0.6 is 0 Å². The Balaban J connectivity index is 1.73. The lowest BCUT2D eigenvalue weighted by Crippen LogP contribution is -2.29. The predicted octanol–water partition coefficient (Wildman–Crippen LogP) is 3.67. The summed E-state index contributed by atoms with van der Waals surface area (Å²) in [7, 11) is 0. The summed E-state index contributed by atoms with van der Waals surface area (Å²) in [5.41, 5.74) is 2.08. The largest absolute Gasteiger partial charge is 0.338 e. The molecule has 4 heteroatoms. The minimum Gasteiger partial charge on any atom is -0.338 e. The summed E-state index contributed by atoms with van der Waals surface area (Å²) in [4.78, 5) is 11.7. The lowest BCUT2D eigenvalue weighted by molar-refractivity contribution is 0.252. The summed E-state index contributed by atoms with van der Waals surface area (Å²) < 4.78 is 0. The highest BCUT2D eigenvalue weighted by molar-refractivity contribution is 5.89. The molecule has 0 heterocycles. The minimum atomic E-state index is -0.111. The molecule has 0 radical (unpaired) electrons. The van der Waals surface area contributed by atoms with Crippen LogP contribution in [0.1, 0.15) is 51.1 Å². The monoisotopic (exact) mass is 289 g/mol. The summed E-state index contributed by atoms with van der Waals surface area (Å²) >= 11 is 0. The number of benzene rings is 1. The lowest BCUT2D eigenvalue weighted by Gasteiger charge is -2.14. The molecular weight excluding hydrogens is 262 g/mol. The first-order chi connectivity index (χ1) is 10.2. The molecule has 21 heavy (non-hydrogen) atoms. The summed E-state index contributed by atoms with van der Waals surface area (Å²) in [6, 6.07) is 8.27. The first-order valence-corrected chi connectivity index (χ1v) is 8.07. The molecule has 1 atom stereocenters. The number of nitrogens with one attached hydrogen (secondary N) is 3. The molecule has 116 valence electrons. The lowest BCUT2D eigenvalue weighted by atomic mass is 10.1. The van der Waals surface area contributed by atoms with Gasteiger partial charge in [0.1, 0.15) is 0 Å². The Morgan fingerprint density at radius 1 is 1.24 bits per heavy atom. The van der Waals surface area contributed by atoms with E-state index in [4.69, 9.17) is 0 Å². The van der Waals surface area contributed by atoms with Crippen molar-refractivity contribution in [2.75, 3.05) is 18.4 Å². The molecule has 0 aromatic heterocycles. The second-order valence-corrected chi connectivity index (χ2v) is 5.91.